The van der Waals surface area contributed by atoms with Crippen LogP contribution in [0.3, 0.4) is 0 Å². The van der Waals surface area contributed by atoms with Crippen molar-refractivity contribution in [3.05, 3.63) is 17.5 Å². The Balaban J connectivity index is 2.89. The minimum Gasteiger partial charge on any atom is -0.271 e. The second-order valence-electron chi connectivity index (χ2n) is 4.87. The Hall–Kier alpha value is -0.870. The van der Waals surface area contributed by atoms with Crippen LogP contribution < -0.4 is 11.3 Å². The van der Waals surface area contributed by atoms with Gasteiger partial charge in [0.1, 0.15) is 0 Å². The molecule has 0 radical (unpaired) electrons. The van der Waals surface area contributed by atoms with Gasteiger partial charge < -0.3 is 0 Å². The van der Waals surface area contributed by atoms with Crippen molar-refractivity contribution in [2.45, 2.75) is 66.0 Å². The molecule has 0 amide bonds. The van der Waals surface area contributed by atoms with Gasteiger partial charge in [-0.15, -0.1) is 0 Å². The third-order valence-corrected chi connectivity index (χ3v) is 3.81. The van der Waals surface area contributed by atoms with E-state index in [2.05, 4.69) is 49.0 Å². The van der Waals surface area contributed by atoms with Gasteiger partial charge >= 0.3 is 0 Å². The van der Waals surface area contributed by atoms with E-state index in [4.69, 9.17) is 5.84 Å². The van der Waals surface area contributed by atoms with Gasteiger partial charge in [-0.25, -0.2) is 0 Å². The number of nitrogens with two attached hydrogens (primary N) is 1. The fourth-order valence-corrected chi connectivity index (χ4v) is 2.42. The molecule has 0 aliphatic carbocycles. The highest BCUT2D eigenvalue weighted by Gasteiger charge is 2.19. The molecule has 4 heteroatoms. The molecule has 0 saturated heterocycles. The summed E-state index contributed by atoms with van der Waals surface area (Å²) in [5.74, 6) is 6.46. The van der Waals surface area contributed by atoms with E-state index >= 15 is 0 Å². The fourth-order valence-electron chi connectivity index (χ4n) is 2.42. The third-order valence-electron chi connectivity index (χ3n) is 3.81. The number of hydrogen-bond acceptors (Lipinski definition) is 3. The van der Waals surface area contributed by atoms with Crippen LogP contribution in [0, 0.1) is 5.92 Å². The molecule has 0 bridgehead atoms. The van der Waals surface area contributed by atoms with Crippen molar-refractivity contribution in [3.8, 4) is 0 Å². The quantitative estimate of drug-likeness (QED) is 0.552. The molecule has 4 nitrogen and oxygen atoms in total. The lowest BCUT2D eigenvalue weighted by molar-refractivity contribution is 0.359. The Kier molecular flexibility index (Phi) is 6.36. The maximum Gasteiger partial charge on any atom is 0.0631 e. The second kappa shape index (κ2) is 7.54. The van der Waals surface area contributed by atoms with Crippen molar-refractivity contribution < 1.29 is 0 Å². The zero-order valence-electron chi connectivity index (χ0n) is 12.2. The number of aryl methyl sites for hydroxylation is 2. The Labute approximate surface area is 111 Å². The van der Waals surface area contributed by atoms with Gasteiger partial charge in [-0.3, -0.25) is 16.0 Å². The fraction of sp³-hybridized carbons (Fsp3) is 0.786. The highest BCUT2D eigenvalue weighted by Crippen LogP contribution is 2.25. The van der Waals surface area contributed by atoms with Gasteiger partial charge in [0, 0.05) is 6.54 Å². The highest BCUT2D eigenvalue weighted by molar-refractivity contribution is 5.14. The lowest BCUT2D eigenvalue weighted by Crippen LogP contribution is -2.31. The summed E-state index contributed by atoms with van der Waals surface area (Å²) in [6.07, 6.45) is 4.46. The van der Waals surface area contributed by atoms with Crippen LogP contribution in [-0.2, 0) is 13.0 Å². The molecular weight excluding hydrogens is 224 g/mol. The summed E-state index contributed by atoms with van der Waals surface area (Å²) in [7, 11) is 0. The van der Waals surface area contributed by atoms with E-state index < -0.39 is 0 Å². The topological polar surface area (TPSA) is 55.9 Å². The molecule has 1 aromatic rings. The molecule has 3 N–H and O–H groups in total. The van der Waals surface area contributed by atoms with Crippen LogP contribution in [-0.4, -0.2) is 9.78 Å². The summed E-state index contributed by atoms with van der Waals surface area (Å²) >= 11 is 0. The lowest BCUT2D eigenvalue weighted by Gasteiger charge is -2.21. The van der Waals surface area contributed by atoms with Crippen molar-refractivity contribution in [2.24, 2.45) is 11.8 Å². The number of nitrogens with zero attached hydrogens (tertiary/aromatic N) is 2. The van der Waals surface area contributed by atoms with Crippen LogP contribution >= 0.6 is 0 Å². The van der Waals surface area contributed by atoms with Crippen molar-refractivity contribution >= 4 is 0 Å². The summed E-state index contributed by atoms with van der Waals surface area (Å²) in [4.78, 5) is 0. The first kappa shape index (κ1) is 15.2. The number of rotatable bonds is 8. The minimum absolute atomic E-state index is 0.211. The van der Waals surface area contributed by atoms with E-state index in [0.29, 0.717) is 0 Å². The molecule has 0 aliphatic heterocycles. The van der Waals surface area contributed by atoms with Crippen molar-refractivity contribution in [2.75, 3.05) is 0 Å². The van der Waals surface area contributed by atoms with Crippen LogP contribution in [0.4, 0.5) is 0 Å². The van der Waals surface area contributed by atoms with Gasteiger partial charge in [-0.1, -0.05) is 33.6 Å². The first-order chi connectivity index (χ1) is 8.69. The maximum atomic E-state index is 5.75. The van der Waals surface area contributed by atoms with E-state index in [9.17, 15) is 0 Å². The number of hydrazine groups is 1. The van der Waals surface area contributed by atoms with Gasteiger partial charge in [0.25, 0.3) is 0 Å². The summed E-state index contributed by atoms with van der Waals surface area (Å²) in [5.41, 5.74) is 5.34. The van der Waals surface area contributed by atoms with E-state index in [1.165, 1.54) is 18.5 Å². The van der Waals surface area contributed by atoms with Crippen LogP contribution in [0.15, 0.2) is 6.07 Å². The predicted octanol–water partition coefficient (Wildman–Crippen LogP) is 2.80. The molecule has 1 aromatic heterocycles. The highest BCUT2D eigenvalue weighted by atomic mass is 15.3. The molecule has 0 aromatic carbocycles. The number of hydrogen-bond donors (Lipinski definition) is 2. The third kappa shape index (κ3) is 3.56. The van der Waals surface area contributed by atoms with Gasteiger partial charge in [-0.2, -0.15) is 5.10 Å². The minimum atomic E-state index is 0.211. The van der Waals surface area contributed by atoms with Crippen molar-refractivity contribution in [1.82, 2.24) is 15.2 Å². The van der Waals surface area contributed by atoms with Gasteiger partial charge in [0.15, 0.2) is 0 Å². The Bertz CT molecular complexity index is 342. The first-order valence-electron chi connectivity index (χ1n) is 7.22. The largest absolute Gasteiger partial charge is 0.271 e. The molecule has 0 saturated carbocycles. The van der Waals surface area contributed by atoms with E-state index in [1.807, 2.05) is 0 Å². The summed E-state index contributed by atoms with van der Waals surface area (Å²) in [6, 6.07) is 2.40. The molecule has 0 fully saturated rings. The average Bonchev–Trinajstić information content (AvgIpc) is 2.83. The maximum absolute atomic E-state index is 5.75. The number of nitrogens with one attached hydrogen (secondary N) is 1. The molecule has 1 atom stereocenters. The Morgan fingerprint density at radius 1 is 1.28 bits per heavy atom. The molecule has 104 valence electrons. The molecule has 0 spiro atoms. The Morgan fingerprint density at radius 2 is 1.94 bits per heavy atom. The average molecular weight is 252 g/mol. The van der Waals surface area contributed by atoms with Gasteiger partial charge in [0.2, 0.25) is 0 Å². The first-order valence-corrected chi connectivity index (χ1v) is 7.22. The van der Waals surface area contributed by atoms with E-state index in [1.54, 1.807) is 0 Å². The molecule has 18 heavy (non-hydrogen) atoms. The second-order valence-corrected chi connectivity index (χ2v) is 4.87. The van der Waals surface area contributed by atoms with Crippen molar-refractivity contribution in [3.63, 3.8) is 0 Å². The predicted molar refractivity (Wildman–Crippen MR) is 76.0 cm³/mol. The van der Waals surface area contributed by atoms with Gasteiger partial charge in [0.05, 0.1) is 17.4 Å². The standard InChI is InChI=1S/C14H28N4/c1-5-11(6-2)9-13(16-15)14-10-12(7-3)17-18(14)8-4/h10-11,13,16H,5-9,15H2,1-4H3. The van der Waals surface area contributed by atoms with Crippen LogP contribution in [0.2, 0.25) is 0 Å². The lowest BCUT2D eigenvalue weighted by atomic mass is 9.93. The molecular formula is C14H28N4. The summed E-state index contributed by atoms with van der Waals surface area (Å²) < 4.78 is 2.08. The summed E-state index contributed by atoms with van der Waals surface area (Å²) in [6.45, 7) is 9.65. The number of aromatic nitrogens is 2. The zero-order valence-corrected chi connectivity index (χ0v) is 12.2. The van der Waals surface area contributed by atoms with Crippen LogP contribution in [0.1, 0.15) is 64.4 Å². The molecule has 1 rings (SSSR count). The van der Waals surface area contributed by atoms with Crippen LogP contribution in [0.5, 0.6) is 0 Å². The van der Waals surface area contributed by atoms with E-state index in [0.717, 1.165) is 31.0 Å². The van der Waals surface area contributed by atoms with Crippen LogP contribution in [0.25, 0.3) is 0 Å². The van der Waals surface area contributed by atoms with Crippen molar-refractivity contribution in [1.29, 1.82) is 0 Å². The molecule has 0 aliphatic rings. The SMILES string of the molecule is CCc1cc(C(CC(CC)CC)NN)n(CC)n1. The zero-order chi connectivity index (χ0) is 13.5. The van der Waals surface area contributed by atoms with E-state index in [-0.39, 0.29) is 6.04 Å². The normalized spacial score (nSPS) is 13.2. The smallest absolute Gasteiger partial charge is 0.0631 e. The monoisotopic (exact) mass is 252 g/mol. The Morgan fingerprint density at radius 3 is 2.39 bits per heavy atom. The van der Waals surface area contributed by atoms with Gasteiger partial charge in [-0.05, 0) is 31.7 Å². The molecule has 1 unspecified atom stereocenters. The summed E-state index contributed by atoms with van der Waals surface area (Å²) in [5, 5.41) is 4.60. The molecule has 1 heterocycles.